The third kappa shape index (κ3) is 3.86. The van der Waals surface area contributed by atoms with Gasteiger partial charge in [-0.3, -0.25) is 4.79 Å². The van der Waals surface area contributed by atoms with E-state index in [0.717, 1.165) is 11.3 Å². The lowest BCUT2D eigenvalue weighted by atomic mass is 9.84. The molecule has 0 radical (unpaired) electrons. The van der Waals surface area contributed by atoms with Gasteiger partial charge in [0.1, 0.15) is 11.5 Å². The average Bonchev–Trinajstić information content (AvgIpc) is 3.02. The van der Waals surface area contributed by atoms with Crippen molar-refractivity contribution in [2.45, 2.75) is 34.6 Å². The molecule has 2 aromatic heterocycles. The summed E-state index contributed by atoms with van der Waals surface area (Å²) in [4.78, 5) is 12.8. The first-order valence-corrected chi connectivity index (χ1v) is 8.21. The van der Waals surface area contributed by atoms with E-state index in [1.54, 1.807) is 18.3 Å². The molecule has 3 heteroatoms. The maximum absolute atomic E-state index is 11.6. The summed E-state index contributed by atoms with van der Waals surface area (Å²) in [6, 6.07) is 5.97. The Balaban J connectivity index is 2.39. The van der Waals surface area contributed by atoms with Crippen LogP contribution < -0.4 is 0 Å². The maximum atomic E-state index is 11.6. The van der Waals surface area contributed by atoms with Crippen LogP contribution in [-0.2, 0) is 0 Å². The molecule has 0 N–H and O–H groups in total. The third-order valence-corrected chi connectivity index (χ3v) is 4.27. The van der Waals surface area contributed by atoms with Crippen molar-refractivity contribution in [3.8, 4) is 0 Å². The molecule has 0 aliphatic carbocycles. The minimum absolute atomic E-state index is 0.0369. The Morgan fingerprint density at radius 1 is 1.32 bits per heavy atom. The van der Waals surface area contributed by atoms with E-state index in [9.17, 15) is 4.79 Å². The molecule has 0 saturated carbocycles. The molecule has 0 unspecified atom stereocenters. The van der Waals surface area contributed by atoms with Gasteiger partial charge in [-0.1, -0.05) is 39.0 Å². The van der Waals surface area contributed by atoms with Crippen LogP contribution in [0.15, 0.2) is 40.1 Å². The standard InChI is InChI=1S/C19H22O2S/c1-13(20)16-12-18(21-14(16)2)17(19(3,4)5)10-6-8-15-9-7-11-22-15/h6-12H,1-5H3/b8-6+,17-10+. The number of ketones is 1. The summed E-state index contributed by atoms with van der Waals surface area (Å²) in [7, 11) is 0. The minimum Gasteiger partial charge on any atom is -0.461 e. The number of carbonyl (C=O) groups is 1. The molecule has 2 nitrogen and oxygen atoms in total. The number of rotatable bonds is 4. The Hall–Kier alpha value is -1.87. The first-order chi connectivity index (χ1) is 10.3. The fourth-order valence-electron chi connectivity index (χ4n) is 2.29. The largest absolute Gasteiger partial charge is 0.461 e. The van der Waals surface area contributed by atoms with Gasteiger partial charge < -0.3 is 4.42 Å². The Labute approximate surface area is 136 Å². The van der Waals surface area contributed by atoms with Crippen LogP contribution in [-0.4, -0.2) is 5.78 Å². The Kier molecular flexibility index (Phi) is 4.87. The Bertz CT molecular complexity index is 707. The highest BCUT2D eigenvalue weighted by molar-refractivity contribution is 7.10. The van der Waals surface area contributed by atoms with Gasteiger partial charge in [-0.2, -0.15) is 0 Å². The first-order valence-electron chi connectivity index (χ1n) is 7.33. The number of thiophene rings is 1. The number of hydrogen-bond acceptors (Lipinski definition) is 3. The predicted molar refractivity (Wildman–Crippen MR) is 94.2 cm³/mol. The highest BCUT2D eigenvalue weighted by Crippen LogP contribution is 2.36. The van der Waals surface area contributed by atoms with Gasteiger partial charge in [-0.15, -0.1) is 11.3 Å². The molecule has 2 rings (SSSR count). The summed E-state index contributed by atoms with van der Waals surface area (Å²) in [6.07, 6.45) is 6.19. The molecule has 0 atom stereocenters. The molecular weight excluding hydrogens is 292 g/mol. The number of furan rings is 1. The van der Waals surface area contributed by atoms with Crippen molar-refractivity contribution < 1.29 is 9.21 Å². The van der Waals surface area contributed by atoms with Crippen LogP contribution in [0.5, 0.6) is 0 Å². The van der Waals surface area contributed by atoms with Crippen LogP contribution in [0.2, 0.25) is 0 Å². The third-order valence-electron chi connectivity index (χ3n) is 3.44. The van der Waals surface area contributed by atoms with Gasteiger partial charge in [-0.05, 0) is 42.9 Å². The first kappa shape index (κ1) is 16.5. The molecule has 0 aromatic carbocycles. The number of allylic oxidation sites excluding steroid dienone is 3. The van der Waals surface area contributed by atoms with E-state index in [-0.39, 0.29) is 11.2 Å². The number of carbonyl (C=O) groups excluding carboxylic acids is 1. The molecule has 116 valence electrons. The summed E-state index contributed by atoms with van der Waals surface area (Å²) in [5.41, 5.74) is 1.67. The highest BCUT2D eigenvalue weighted by atomic mass is 32.1. The van der Waals surface area contributed by atoms with E-state index < -0.39 is 0 Å². The zero-order chi connectivity index (χ0) is 16.3. The fourth-order valence-corrected chi connectivity index (χ4v) is 2.92. The normalized spacial score (nSPS) is 13.0. The number of aryl methyl sites for hydroxylation is 1. The fraction of sp³-hybridized carbons (Fsp3) is 0.316. The van der Waals surface area contributed by atoms with Gasteiger partial charge in [-0.25, -0.2) is 0 Å². The second-order valence-corrected chi connectivity index (χ2v) is 7.32. The molecular formula is C19H22O2S. The van der Waals surface area contributed by atoms with Crippen LogP contribution >= 0.6 is 11.3 Å². The Morgan fingerprint density at radius 3 is 2.55 bits per heavy atom. The molecule has 0 aliphatic rings. The van der Waals surface area contributed by atoms with Crippen LogP contribution in [0.3, 0.4) is 0 Å². The van der Waals surface area contributed by atoms with E-state index in [2.05, 4.69) is 44.4 Å². The second-order valence-electron chi connectivity index (χ2n) is 6.34. The van der Waals surface area contributed by atoms with Crippen molar-refractivity contribution in [2.24, 2.45) is 5.41 Å². The van der Waals surface area contributed by atoms with Gasteiger partial charge in [0.15, 0.2) is 5.78 Å². The molecule has 0 fully saturated rings. The molecule has 0 aliphatic heterocycles. The van der Waals surface area contributed by atoms with Gasteiger partial charge in [0, 0.05) is 10.5 Å². The molecule has 0 spiro atoms. The summed E-state index contributed by atoms with van der Waals surface area (Å²) >= 11 is 1.70. The van der Waals surface area contributed by atoms with Crippen LogP contribution in [0.25, 0.3) is 11.6 Å². The van der Waals surface area contributed by atoms with Gasteiger partial charge in [0.25, 0.3) is 0 Å². The van der Waals surface area contributed by atoms with E-state index in [1.165, 1.54) is 4.88 Å². The lowest BCUT2D eigenvalue weighted by molar-refractivity contribution is 0.101. The second kappa shape index (κ2) is 6.49. The van der Waals surface area contributed by atoms with E-state index in [0.29, 0.717) is 11.3 Å². The SMILES string of the molecule is CC(=O)c1cc(/C(=C\C=C\c2cccs2)C(C)(C)C)oc1C. The zero-order valence-electron chi connectivity index (χ0n) is 13.8. The summed E-state index contributed by atoms with van der Waals surface area (Å²) in [6.45, 7) is 9.83. The van der Waals surface area contributed by atoms with Crippen molar-refractivity contribution >= 4 is 28.8 Å². The molecule has 2 aromatic rings. The molecule has 2 heterocycles. The lowest BCUT2D eigenvalue weighted by Gasteiger charge is -2.20. The van der Waals surface area contributed by atoms with Gasteiger partial charge in [0.05, 0.1) is 5.56 Å². The van der Waals surface area contributed by atoms with Crippen molar-refractivity contribution in [2.75, 3.05) is 0 Å². The average molecular weight is 314 g/mol. The van der Waals surface area contributed by atoms with Crippen LogP contribution in [0, 0.1) is 12.3 Å². The molecule has 22 heavy (non-hydrogen) atoms. The summed E-state index contributed by atoms with van der Waals surface area (Å²) in [5, 5.41) is 2.06. The molecule has 0 saturated heterocycles. The smallest absolute Gasteiger partial charge is 0.163 e. The quantitative estimate of drug-likeness (QED) is 0.512. The van der Waals surface area contributed by atoms with Crippen LogP contribution in [0.1, 0.15) is 54.5 Å². The van der Waals surface area contributed by atoms with Crippen molar-refractivity contribution in [3.63, 3.8) is 0 Å². The minimum atomic E-state index is -0.0713. The maximum Gasteiger partial charge on any atom is 0.163 e. The number of Topliss-reactive ketones (excluding diaryl/α,β-unsaturated/α-hetero) is 1. The van der Waals surface area contributed by atoms with Crippen molar-refractivity contribution in [1.29, 1.82) is 0 Å². The predicted octanol–water partition coefficient (Wildman–Crippen LogP) is 6.00. The lowest BCUT2D eigenvalue weighted by Crippen LogP contribution is -2.07. The monoisotopic (exact) mass is 314 g/mol. The topological polar surface area (TPSA) is 30.2 Å². The zero-order valence-corrected chi connectivity index (χ0v) is 14.6. The van der Waals surface area contributed by atoms with Crippen LogP contribution in [0.4, 0.5) is 0 Å². The van der Waals surface area contributed by atoms with Gasteiger partial charge >= 0.3 is 0 Å². The van der Waals surface area contributed by atoms with E-state index in [1.807, 2.05) is 25.1 Å². The van der Waals surface area contributed by atoms with E-state index >= 15 is 0 Å². The Morgan fingerprint density at radius 2 is 2.05 bits per heavy atom. The highest BCUT2D eigenvalue weighted by Gasteiger charge is 2.23. The molecule has 0 amide bonds. The van der Waals surface area contributed by atoms with E-state index in [4.69, 9.17) is 4.42 Å². The summed E-state index contributed by atoms with van der Waals surface area (Å²) < 4.78 is 5.83. The molecule has 0 bridgehead atoms. The van der Waals surface area contributed by atoms with Crippen molar-refractivity contribution in [3.05, 3.63) is 57.7 Å². The summed E-state index contributed by atoms with van der Waals surface area (Å²) in [5.74, 6) is 1.49. The van der Waals surface area contributed by atoms with Gasteiger partial charge in [0.2, 0.25) is 0 Å². The van der Waals surface area contributed by atoms with Crippen molar-refractivity contribution in [1.82, 2.24) is 0 Å². The number of hydrogen-bond donors (Lipinski definition) is 0.